The number of benzene rings is 1. The number of pyridine rings is 1. The van der Waals surface area contributed by atoms with Crippen molar-refractivity contribution in [2.45, 2.75) is 44.8 Å². The molecule has 7 heteroatoms. The Bertz CT molecular complexity index is 824. The van der Waals surface area contributed by atoms with E-state index in [1.165, 1.54) is 18.4 Å². The zero-order valence-electron chi connectivity index (χ0n) is 17.8. The van der Waals surface area contributed by atoms with Crippen LogP contribution in [0, 0.1) is 0 Å². The molecular formula is C23H34IN5O. The van der Waals surface area contributed by atoms with E-state index in [1.54, 1.807) is 16.7 Å². The molecule has 0 radical (unpaired) electrons. The normalized spacial score (nSPS) is 16.8. The molecule has 1 fully saturated rings. The van der Waals surface area contributed by atoms with Crippen LogP contribution in [0.2, 0.25) is 0 Å². The van der Waals surface area contributed by atoms with Gasteiger partial charge in [0, 0.05) is 51.5 Å². The number of hydrogen-bond donors (Lipinski definition) is 2. The summed E-state index contributed by atoms with van der Waals surface area (Å²) in [5.74, 6) is 0.855. The maximum absolute atomic E-state index is 11.7. The smallest absolute Gasteiger partial charge is 0.250 e. The lowest BCUT2D eigenvalue weighted by atomic mass is 10.2. The molecule has 0 bridgehead atoms. The van der Waals surface area contributed by atoms with Crippen molar-refractivity contribution in [3.8, 4) is 0 Å². The van der Waals surface area contributed by atoms with Crippen molar-refractivity contribution in [2.24, 2.45) is 4.99 Å². The molecule has 1 aromatic carbocycles. The predicted octanol–water partition coefficient (Wildman–Crippen LogP) is 3.08. The summed E-state index contributed by atoms with van der Waals surface area (Å²) >= 11 is 0. The number of halogens is 1. The van der Waals surface area contributed by atoms with Crippen LogP contribution in [0.5, 0.6) is 0 Å². The largest absolute Gasteiger partial charge is 0.356 e. The number of aryl methyl sites for hydroxylation is 1. The summed E-state index contributed by atoms with van der Waals surface area (Å²) in [6, 6.07) is 16.5. The number of aliphatic imine (C=N–C) groups is 1. The zero-order chi connectivity index (χ0) is 20.3. The van der Waals surface area contributed by atoms with Gasteiger partial charge in [-0.15, -0.1) is 24.0 Å². The summed E-state index contributed by atoms with van der Waals surface area (Å²) in [7, 11) is 1.81. The minimum Gasteiger partial charge on any atom is -0.356 e. The summed E-state index contributed by atoms with van der Waals surface area (Å²) < 4.78 is 1.76. The van der Waals surface area contributed by atoms with Crippen molar-refractivity contribution in [2.75, 3.05) is 26.7 Å². The highest BCUT2D eigenvalue weighted by atomic mass is 127. The first-order valence-electron chi connectivity index (χ1n) is 10.6. The van der Waals surface area contributed by atoms with E-state index >= 15 is 0 Å². The average molecular weight is 523 g/mol. The van der Waals surface area contributed by atoms with E-state index in [4.69, 9.17) is 0 Å². The van der Waals surface area contributed by atoms with E-state index in [-0.39, 0.29) is 29.5 Å². The third-order valence-corrected chi connectivity index (χ3v) is 5.47. The molecule has 2 heterocycles. The molecule has 1 saturated heterocycles. The van der Waals surface area contributed by atoms with Crippen LogP contribution in [0.25, 0.3) is 0 Å². The monoisotopic (exact) mass is 523 g/mol. The quantitative estimate of drug-likeness (QED) is 0.230. The molecule has 2 N–H and O–H groups in total. The van der Waals surface area contributed by atoms with E-state index in [9.17, 15) is 4.79 Å². The van der Waals surface area contributed by atoms with Crippen LogP contribution in [0.1, 0.15) is 31.2 Å². The van der Waals surface area contributed by atoms with Gasteiger partial charge in [0.05, 0.1) is 0 Å². The molecule has 1 unspecified atom stereocenters. The highest BCUT2D eigenvalue weighted by molar-refractivity contribution is 14.0. The van der Waals surface area contributed by atoms with Crippen molar-refractivity contribution in [3.05, 3.63) is 70.6 Å². The first-order chi connectivity index (χ1) is 14.3. The maximum atomic E-state index is 11.7. The zero-order valence-corrected chi connectivity index (χ0v) is 20.1. The number of likely N-dealkylation sites (tertiary alicyclic amines) is 1. The van der Waals surface area contributed by atoms with Gasteiger partial charge in [0.2, 0.25) is 5.56 Å². The standard InChI is InChI=1S/C23H33N5O.HI/c1-24-23(25-14-6-8-16-27-15-7-5-13-22(27)29)26-18-21-12-9-17-28(21)19-20-10-3-2-4-11-20;/h2-5,7,10-11,13,15,21H,6,8-9,12,14,16-19H2,1H3,(H2,24,25,26);1H. The van der Waals surface area contributed by atoms with Gasteiger partial charge in [-0.05, 0) is 43.9 Å². The molecule has 6 nitrogen and oxygen atoms in total. The molecule has 3 rings (SSSR count). The molecule has 0 amide bonds. The summed E-state index contributed by atoms with van der Waals surface area (Å²) in [5, 5.41) is 6.88. The van der Waals surface area contributed by atoms with Gasteiger partial charge in [-0.25, -0.2) is 0 Å². The van der Waals surface area contributed by atoms with Crippen molar-refractivity contribution in [3.63, 3.8) is 0 Å². The second-order valence-corrected chi connectivity index (χ2v) is 7.57. The Labute approximate surface area is 196 Å². The third-order valence-electron chi connectivity index (χ3n) is 5.47. The van der Waals surface area contributed by atoms with Gasteiger partial charge in [0.15, 0.2) is 5.96 Å². The number of unbranched alkanes of at least 4 members (excludes halogenated alkanes) is 1. The van der Waals surface area contributed by atoms with Gasteiger partial charge in [0.25, 0.3) is 0 Å². The molecule has 1 aliphatic rings. The molecule has 164 valence electrons. The molecule has 0 saturated carbocycles. The van der Waals surface area contributed by atoms with Crippen LogP contribution < -0.4 is 16.2 Å². The number of nitrogens with one attached hydrogen (secondary N) is 2. The molecule has 0 aliphatic carbocycles. The van der Waals surface area contributed by atoms with E-state index in [0.29, 0.717) is 6.04 Å². The number of rotatable bonds is 9. The Morgan fingerprint density at radius 1 is 1.10 bits per heavy atom. The minimum atomic E-state index is 0. The average Bonchev–Trinajstić information content (AvgIpc) is 3.19. The lowest BCUT2D eigenvalue weighted by Crippen LogP contribution is -2.44. The summed E-state index contributed by atoms with van der Waals surface area (Å²) in [4.78, 5) is 18.6. The number of guanidine groups is 1. The van der Waals surface area contributed by atoms with E-state index in [1.807, 2.05) is 19.3 Å². The van der Waals surface area contributed by atoms with Crippen molar-refractivity contribution in [1.82, 2.24) is 20.1 Å². The second-order valence-electron chi connectivity index (χ2n) is 7.57. The Hall–Kier alpha value is -1.87. The molecular weight excluding hydrogens is 489 g/mol. The molecule has 0 spiro atoms. The minimum absolute atomic E-state index is 0. The number of aromatic nitrogens is 1. The SMILES string of the molecule is CN=C(NCCCCn1ccccc1=O)NCC1CCCN1Cc1ccccc1.I. The highest BCUT2D eigenvalue weighted by Gasteiger charge is 2.24. The number of nitrogens with zero attached hydrogens (tertiary/aromatic N) is 3. The van der Waals surface area contributed by atoms with Gasteiger partial charge in [-0.1, -0.05) is 36.4 Å². The Balaban J connectivity index is 0.00000320. The van der Waals surface area contributed by atoms with Crippen molar-refractivity contribution < 1.29 is 0 Å². The van der Waals surface area contributed by atoms with Gasteiger partial charge < -0.3 is 15.2 Å². The van der Waals surface area contributed by atoms with E-state index in [2.05, 4.69) is 50.9 Å². The molecule has 2 aromatic rings. The Morgan fingerprint density at radius 3 is 2.67 bits per heavy atom. The molecule has 1 aliphatic heterocycles. The van der Waals surface area contributed by atoms with Gasteiger partial charge in [-0.2, -0.15) is 0 Å². The lowest BCUT2D eigenvalue weighted by molar-refractivity contribution is 0.245. The van der Waals surface area contributed by atoms with Crippen LogP contribution in [0.3, 0.4) is 0 Å². The van der Waals surface area contributed by atoms with Crippen LogP contribution in [0.15, 0.2) is 64.5 Å². The Kier molecular flexibility index (Phi) is 10.9. The molecule has 1 aromatic heterocycles. The van der Waals surface area contributed by atoms with Crippen LogP contribution in [-0.4, -0.2) is 48.2 Å². The maximum Gasteiger partial charge on any atom is 0.250 e. The van der Waals surface area contributed by atoms with Gasteiger partial charge in [-0.3, -0.25) is 14.7 Å². The third kappa shape index (κ3) is 7.75. The fraction of sp³-hybridized carbons (Fsp3) is 0.478. The van der Waals surface area contributed by atoms with E-state index < -0.39 is 0 Å². The summed E-state index contributed by atoms with van der Waals surface area (Å²) in [6.45, 7) is 4.68. The van der Waals surface area contributed by atoms with Crippen molar-refractivity contribution in [1.29, 1.82) is 0 Å². The molecule has 30 heavy (non-hydrogen) atoms. The first-order valence-corrected chi connectivity index (χ1v) is 10.6. The van der Waals surface area contributed by atoms with Crippen LogP contribution in [-0.2, 0) is 13.1 Å². The van der Waals surface area contributed by atoms with Crippen LogP contribution in [0.4, 0.5) is 0 Å². The second kappa shape index (κ2) is 13.4. The van der Waals surface area contributed by atoms with Crippen LogP contribution >= 0.6 is 24.0 Å². The summed E-state index contributed by atoms with van der Waals surface area (Å²) in [6.07, 6.45) is 6.28. The van der Waals surface area contributed by atoms with Crippen molar-refractivity contribution >= 4 is 29.9 Å². The first kappa shape index (κ1) is 24.4. The van der Waals surface area contributed by atoms with Gasteiger partial charge in [0.1, 0.15) is 0 Å². The lowest BCUT2D eigenvalue weighted by Gasteiger charge is -2.25. The fourth-order valence-electron chi connectivity index (χ4n) is 3.85. The van der Waals surface area contributed by atoms with E-state index in [0.717, 1.165) is 51.5 Å². The van der Waals surface area contributed by atoms with Gasteiger partial charge >= 0.3 is 0 Å². The number of hydrogen-bond acceptors (Lipinski definition) is 3. The highest BCUT2D eigenvalue weighted by Crippen LogP contribution is 2.19. The Morgan fingerprint density at radius 2 is 1.90 bits per heavy atom. The topological polar surface area (TPSA) is 61.7 Å². The predicted molar refractivity (Wildman–Crippen MR) is 135 cm³/mol. The summed E-state index contributed by atoms with van der Waals surface area (Å²) in [5.41, 5.74) is 1.44. The fourth-order valence-corrected chi connectivity index (χ4v) is 3.85. The molecule has 1 atom stereocenters.